The Morgan fingerprint density at radius 3 is 2.57 bits per heavy atom. The van der Waals surface area contributed by atoms with Crippen molar-refractivity contribution in [1.29, 1.82) is 5.26 Å². The van der Waals surface area contributed by atoms with E-state index in [2.05, 4.69) is 60.6 Å². The van der Waals surface area contributed by atoms with Gasteiger partial charge in [0.15, 0.2) is 5.65 Å². The van der Waals surface area contributed by atoms with Gasteiger partial charge in [0.2, 0.25) is 0 Å². The molecular weight excluding hydrogens is 690 g/mol. The van der Waals surface area contributed by atoms with Gasteiger partial charge in [-0.2, -0.15) is 22.1 Å². The quantitative estimate of drug-likeness (QED) is 0.0927. The third-order valence-electron chi connectivity index (χ3n) is 10.8. The van der Waals surface area contributed by atoms with Crippen LogP contribution in [0.4, 0.5) is 10.2 Å². The first kappa shape index (κ1) is 38.2. The smallest absolute Gasteiger partial charge is 0.264 e. The number of nitriles is 1. The van der Waals surface area contributed by atoms with Gasteiger partial charge >= 0.3 is 0 Å². The standard InChI is InChI=1S/C40H50FN9O2S/c1-27-23-49(24-28(2)47(27)5)40(3,4)17-20-53-19-10-11-29(22-42)39(51)48-18-9-12-30(25-48)50-38-35(37(43)44-26-45-38)36(46-50)33-16-15-32(21-34(33)41)52-31-13-7-6-8-14-31/h6-8,11,13-16,21,26-28,30H,9-10,12,17-20,23-25H2,1-5H3,(H2,43,44,45)/b29-11+/t27-,28+,30-/m1/s1. The van der Waals surface area contributed by atoms with Gasteiger partial charge in [0, 0.05) is 55.4 Å². The van der Waals surface area contributed by atoms with Gasteiger partial charge in [0.1, 0.15) is 46.8 Å². The summed E-state index contributed by atoms with van der Waals surface area (Å²) in [5, 5.41) is 15.3. The van der Waals surface area contributed by atoms with E-state index in [0.29, 0.717) is 66.2 Å². The predicted octanol–water partition coefficient (Wildman–Crippen LogP) is 6.94. The first-order valence-electron chi connectivity index (χ1n) is 18.4. The molecule has 0 aliphatic carbocycles. The van der Waals surface area contributed by atoms with Crippen molar-refractivity contribution in [2.75, 3.05) is 50.5 Å². The first-order chi connectivity index (χ1) is 25.5. The van der Waals surface area contributed by atoms with E-state index >= 15 is 4.39 Å². The van der Waals surface area contributed by atoms with Crippen molar-refractivity contribution >= 4 is 34.5 Å². The van der Waals surface area contributed by atoms with Gasteiger partial charge in [-0.15, -0.1) is 0 Å². The third-order valence-corrected chi connectivity index (χ3v) is 11.8. The molecule has 2 aromatic heterocycles. The number of piperazine rings is 1. The van der Waals surface area contributed by atoms with Crippen molar-refractivity contribution in [1.82, 2.24) is 34.4 Å². The number of carbonyl (C=O) groups is 1. The number of nitrogen functional groups attached to an aromatic ring is 1. The van der Waals surface area contributed by atoms with Crippen molar-refractivity contribution in [3.63, 3.8) is 0 Å². The number of allylic oxidation sites excluding steroid dienone is 1. The summed E-state index contributed by atoms with van der Waals surface area (Å²) >= 11 is 1.86. The highest BCUT2D eigenvalue weighted by Gasteiger charge is 2.35. The molecule has 2 aliphatic heterocycles. The maximum atomic E-state index is 15.7. The lowest BCUT2D eigenvalue weighted by atomic mass is 9.95. The van der Waals surface area contributed by atoms with Crippen molar-refractivity contribution < 1.29 is 13.9 Å². The van der Waals surface area contributed by atoms with Crippen LogP contribution in [0, 0.1) is 17.1 Å². The average molecular weight is 740 g/mol. The molecule has 2 aromatic carbocycles. The van der Waals surface area contributed by atoms with Crippen molar-refractivity contribution in [3.05, 3.63) is 72.3 Å². The van der Waals surface area contributed by atoms with Crippen LogP contribution in [0.1, 0.15) is 59.4 Å². The highest BCUT2D eigenvalue weighted by Crippen LogP contribution is 2.36. The zero-order chi connectivity index (χ0) is 37.7. The number of halogens is 1. The molecule has 2 N–H and O–H groups in total. The largest absolute Gasteiger partial charge is 0.457 e. The van der Waals surface area contributed by atoms with Gasteiger partial charge in [0.25, 0.3) is 5.91 Å². The molecule has 3 atom stereocenters. The number of likely N-dealkylation sites (tertiary alicyclic amines) is 1. The number of piperidine rings is 1. The molecule has 280 valence electrons. The van der Waals surface area contributed by atoms with E-state index < -0.39 is 5.82 Å². The monoisotopic (exact) mass is 739 g/mol. The van der Waals surface area contributed by atoms with Crippen LogP contribution in [0.5, 0.6) is 11.5 Å². The number of hydrogen-bond donors (Lipinski definition) is 1. The summed E-state index contributed by atoms with van der Waals surface area (Å²) in [7, 11) is 2.21. The summed E-state index contributed by atoms with van der Waals surface area (Å²) in [6.07, 6.45) is 6.29. The van der Waals surface area contributed by atoms with Crippen molar-refractivity contribution in [3.8, 4) is 28.8 Å². The van der Waals surface area contributed by atoms with Crippen LogP contribution in [-0.2, 0) is 4.79 Å². The molecule has 2 fully saturated rings. The molecule has 0 bridgehead atoms. The lowest BCUT2D eigenvalue weighted by molar-refractivity contribution is -0.128. The number of para-hydroxylation sites is 1. The topological polar surface area (TPSA) is 129 Å². The Bertz CT molecular complexity index is 1970. The third kappa shape index (κ3) is 8.67. The molecule has 6 rings (SSSR count). The molecule has 4 aromatic rings. The Balaban J connectivity index is 1.09. The summed E-state index contributed by atoms with van der Waals surface area (Å²) in [5.74, 6) is 2.17. The summed E-state index contributed by atoms with van der Waals surface area (Å²) in [6.45, 7) is 12.3. The number of benzene rings is 2. The number of carbonyl (C=O) groups excluding carboxylic acids is 1. The Morgan fingerprint density at radius 2 is 1.85 bits per heavy atom. The molecule has 0 saturated carbocycles. The highest BCUT2D eigenvalue weighted by molar-refractivity contribution is 7.99. The Morgan fingerprint density at radius 1 is 1.09 bits per heavy atom. The molecule has 13 heteroatoms. The number of nitrogens with two attached hydrogens (primary N) is 1. The van der Waals surface area contributed by atoms with E-state index in [1.165, 1.54) is 12.4 Å². The van der Waals surface area contributed by atoms with Gasteiger partial charge in [-0.1, -0.05) is 24.3 Å². The normalized spacial score (nSPS) is 20.4. The molecule has 0 spiro atoms. The van der Waals surface area contributed by atoms with Crippen LogP contribution >= 0.6 is 11.8 Å². The number of anilines is 1. The molecule has 0 radical (unpaired) electrons. The van der Waals surface area contributed by atoms with Crippen molar-refractivity contribution in [2.24, 2.45) is 0 Å². The minimum atomic E-state index is -0.529. The Kier molecular flexibility index (Phi) is 12.0. The molecule has 2 saturated heterocycles. The fraction of sp³-hybridized carbons (Fsp3) is 0.475. The summed E-state index contributed by atoms with van der Waals surface area (Å²) < 4.78 is 23.2. The van der Waals surface area contributed by atoms with E-state index in [4.69, 9.17) is 15.6 Å². The molecule has 2 aliphatic rings. The lowest BCUT2D eigenvalue weighted by Gasteiger charge is -2.49. The second kappa shape index (κ2) is 16.7. The number of aromatic nitrogens is 4. The van der Waals surface area contributed by atoms with Gasteiger partial charge in [0.05, 0.1) is 11.4 Å². The van der Waals surface area contributed by atoms with Gasteiger partial charge in [-0.3, -0.25) is 14.6 Å². The van der Waals surface area contributed by atoms with Crippen molar-refractivity contribution in [2.45, 2.75) is 77.0 Å². The van der Waals surface area contributed by atoms with E-state index in [1.54, 1.807) is 39.9 Å². The second-order valence-corrected chi connectivity index (χ2v) is 16.0. The minimum absolute atomic E-state index is 0.111. The van der Waals surface area contributed by atoms with Gasteiger partial charge in [-0.05, 0) is 96.2 Å². The van der Waals surface area contributed by atoms with E-state index in [9.17, 15) is 10.1 Å². The zero-order valence-corrected chi connectivity index (χ0v) is 32.2. The number of fused-ring (bicyclic) bond motifs is 1. The number of ether oxygens (including phenoxy) is 1. The van der Waals surface area contributed by atoms with E-state index in [-0.39, 0.29) is 34.4 Å². The molecule has 4 heterocycles. The van der Waals surface area contributed by atoms with Crippen LogP contribution in [-0.4, -0.2) is 103 Å². The predicted molar refractivity (Wildman–Crippen MR) is 209 cm³/mol. The van der Waals surface area contributed by atoms with Crippen LogP contribution < -0.4 is 10.5 Å². The summed E-state index contributed by atoms with van der Waals surface area (Å²) in [6, 6.07) is 16.7. The lowest BCUT2D eigenvalue weighted by Crippen LogP contribution is -2.60. The zero-order valence-electron chi connectivity index (χ0n) is 31.3. The number of nitrogens with zero attached hydrogens (tertiary/aromatic N) is 8. The maximum Gasteiger partial charge on any atom is 0.264 e. The van der Waals surface area contributed by atoms with E-state index in [0.717, 1.165) is 37.4 Å². The summed E-state index contributed by atoms with van der Waals surface area (Å²) in [4.78, 5) is 29.1. The van der Waals surface area contributed by atoms with E-state index in [1.807, 2.05) is 30.0 Å². The maximum absolute atomic E-state index is 15.7. The number of hydrogen-bond acceptors (Lipinski definition) is 10. The molecule has 11 nitrogen and oxygen atoms in total. The van der Waals surface area contributed by atoms with Crippen LogP contribution in [0.25, 0.3) is 22.3 Å². The molecule has 0 unspecified atom stereocenters. The second-order valence-electron chi connectivity index (χ2n) is 14.8. The Labute approximate surface area is 316 Å². The number of likely N-dealkylation sites (N-methyl/N-ethyl adjacent to an activating group) is 1. The van der Waals surface area contributed by atoms with Crippen LogP contribution in [0.2, 0.25) is 0 Å². The highest BCUT2D eigenvalue weighted by atomic mass is 32.2. The molecule has 1 amide bonds. The average Bonchev–Trinajstić information content (AvgIpc) is 3.54. The van der Waals surface area contributed by atoms with Crippen LogP contribution in [0.15, 0.2) is 66.5 Å². The van der Waals surface area contributed by atoms with Gasteiger partial charge in [-0.25, -0.2) is 19.0 Å². The molecular formula is C40H50FN9O2S. The Hall–Kier alpha value is -4.51. The number of thioether (sulfide) groups is 1. The number of rotatable bonds is 12. The minimum Gasteiger partial charge on any atom is -0.457 e. The fourth-order valence-electron chi connectivity index (χ4n) is 7.27. The summed E-state index contributed by atoms with van der Waals surface area (Å²) in [5.41, 5.74) is 7.62. The number of amides is 1. The fourth-order valence-corrected chi connectivity index (χ4v) is 8.40. The SMILES string of the molecule is C[C@@H]1CN(C(C)(C)CCSCC/C=C(\C#N)C(=O)N2CCC[C@@H](n3nc(-c4ccc(Oc5ccccc5)cc4F)c4c(N)ncnc43)C2)C[C@H](C)N1C. The molecule has 53 heavy (non-hydrogen) atoms. The van der Waals surface area contributed by atoms with Crippen LogP contribution in [0.3, 0.4) is 0 Å². The van der Waals surface area contributed by atoms with Gasteiger partial charge < -0.3 is 15.4 Å². The first-order valence-corrected chi connectivity index (χ1v) is 19.6.